The van der Waals surface area contributed by atoms with Crippen molar-refractivity contribution in [2.45, 2.75) is 103 Å². The van der Waals surface area contributed by atoms with Gasteiger partial charge >= 0.3 is 6.09 Å². The van der Waals surface area contributed by atoms with Crippen LogP contribution in [0.5, 0.6) is 0 Å². The lowest BCUT2D eigenvalue weighted by Gasteiger charge is -2.28. The molecule has 2 heterocycles. The largest absolute Gasteiger partial charge is 0.443 e. The zero-order chi connectivity index (χ0) is 41.3. The maximum Gasteiger partial charge on any atom is 0.414 e. The third-order valence-electron chi connectivity index (χ3n) is 10.9. The van der Waals surface area contributed by atoms with E-state index in [9.17, 15) is 26.2 Å². The number of hydrogen-bond acceptors (Lipinski definition) is 7. The monoisotopic (exact) mass is 806 g/mol. The number of benzene rings is 2. The van der Waals surface area contributed by atoms with Gasteiger partial charge < -0.3 is 9.64 Å². The third kappa shape index (κ3) is 9.92. The molecule has 2 aromatic carbocycles. The molecule has 10 nitrogen and oxygen atoms in total. The van der Waals surface area contributed by atoms with Gasteiger partial charge in [0.05, 0.1) is 16.9 Å². The normalized spacial score (nSPS) is 19.4. The van der Waals surface area contributed by atoms with Crippen LogP contribution in [0.2, 0.25) is 0 Å². The van der Waals surface area contributed by atoms with E-state index in [1.165, 1.54) is 17.4 Å². The molecule has 0 radical (unpaired) electrons. The van der Waals surface area contributed by atoms with Crippen LogP contribution in [0, 0.1) is 0 Å². The summed E-state index contributed by atoms with van der Waals surface area (Å²) in [5, 5.41) is 0. The molecular formula is C44H60N3O7S2+. The van der Waals surface area contributed by atoms with Gasteiger partial charge in [0.1, 0.15) is 22.0 Å². The highest BCUT2D eigenvalue weighted by Crippen LogP contribution is 2.48. The third-order valence-corrected chi connectivity index (χ3v) is 12.8. The van der Waals surface area contributed by atoms with Crippen molar-refractivity contribution >= 4 is 43.1 Å². The second-order valence-corrected chi connectivity index (χ2v) is 21.1. The summed E-state index contributed by atoms with van der Waals surface area (Å²) in [6.45, 7) is 15.6. The number of allylic oxidation sites excluding steroid dienone is 7. The molecule has 56 heavy (non-hydrogen) atoms. The van der Waals surface area contributed by atoms with Crippen molar-refractivity contribution in [1.82, 2.24) is 4.90 Å². The number of likely N-dealkylation sites (N-methyl/N-ethyl adjacent to an activating group) is 1. The zero-order valence-electron chi connectivity index (χ0n) is 34.6. The predicted molar refractivity (Wildman–Crippen MR) is 226 cm³/mol. The molecular weight excluding hydrogens is 747 g/mol. The van der Waals surface area contributed by atoms with Gasteiger partial charge in [-0.15, -0.1) is 0 Å². The van der Waals surface area contributed by atoms with Crippen molar-refractivity contribution in [3.8, 4) is 0 Å². The summed E-state index contributed by atoms with van der Waals surface area (Å²) >= 11 is 0. The first-order valence-corrected chi connectivity index (χ1v) is 23.2. The molecule has 1 N–H and O–H groups in total. The molecule has 0 spiro atoms. The van der Waals surface area contributed by atoms with E-state index in [1.807, 2.05) is 39.0 Å². The number of nitrogens with zero attached hydrogens (tertiary/aromatic N) is 3. The smallest absolute Gasteiger partial charge is 0.414 e. The number of fused-ring (bicyclic) bond motifs is 2. The van der Waals surface area contributed by atoms with Crippen LogP contribution in [-0.2, 0) is 35.5 Å². The summed E-state index contributed by atoms with van der Waals surface area (Å²) in [6.07, 6.45) is 13.0. The van der Waals surface area contributed by atoms with Gasteiger partial charge in [0.25, 0.3) is 10.1 Å². The lowest BCUT2D eigenvalue weighted by atomic mass is 9.81. The number of carbonyl (C=O) groups excluding carboxylic acids is 1. The number of hydrogen-bond donors (Lipinski definition) is 1. The minimum absolute atomic E-state index is 0.157. The van der Waals surface area contributed by atoms with Crippen LogP contribution in [0.15, 0.2) is 95.4 Å². The average Bonchev–Trinajstić information content (AvgIpc) is 3.66. The van der Waals surface area contributed by atoms with E-state index in [-0.39, 0.29) is 22.3 Å². The minimum Gasteiger partial charge on any atom is -0.443 e. The van der Waals surface area contributed by atoms with E-state index < -0.39 is 31.6 Å². The number of anilines is 1. The quantitative estimate of drug-likeness (QED) is 0.114. The van der Waals surface area contributed by atoms with E-state index in [0.717, 1.165) is 46.0 Å². The molecule has 0 aromatic heterocycles. The van der Waals surface area contributed by atoms with Crippen molar-refractivity contribution in [3.05, 3.63) is 107 Å². The standard InChI is InChI=1S/C44H59N3O7S2/c1-42(2,3)54-41(48)45(8)40-32(24-26-38-43(4,5)34-18-10-12-20-36(34)46(38)28-14-16-30-55(9,49)50)22-23-33(40)25-27-39-44(6,7)35-19-11-13-21-37(35)47(39)29-15-17-31-56(51,52)53/h10-13,18-21,24-27H,14-17,22-23,28-31H2,1-9H3/p+1. The summed E-state index contributed by atoms with van der Waals surface area (Å²) in [5.74, 6) is -0.121. The van der Waals surface area contributed by atoms with Crippen LogP contribution in [0.25, 0.3) is 0 Å². The van der Waals surface area contributed by atoms with Gasteiger partial charge in [0, 0.05) is 66.5 Å². The fourth-order valence-corrected chi connectivity index (χ4v) is 9.50. The van der Waals surface area contributed by atoms with Crippen molar-refractivity contribution in [2.75, 3.05) is 42.8 Å². The molecule has 2 aromatic rings. The minimum atomic E-state index is -4.04. The van der Waals surface area contributed by atoms with E-state index >= 15 is 0 Å². The predicted octanol–water partition coefficient (Wildman–Crippen LogP) is 8.63. The van der Waals surface area contributed by atoms with Gasteiger partial charge in [-0.1, -0.05) is 62.4 Å². The Hall–Kier alpha value is -4.00. The van der Waals surface area contributed by atoms with Crippen molar-refractivity contribution in [2.24, 2.45) is 0 Å². The number of carbonyl (C=O) groups is 1. The molecule has 1 amide bonds. The first kappa shape index (κ1) is 43.1. The van der Waals surface area contributed by atoms with Crippen molar-refractivity contribution < 1.29 is 35.5 Å². The second kappa shape index (κ2) is 16.5. The van der Waals surface area contributed by atoms with Crippen LogP contribution in [0.4, 0.5) is 16.2 Å². The molecule has 5 rings (SSSR count). The number of rotatable bonds is 14. The Labute approximate surface area is 335 Å². The molecule has 1 aliphatic carbocycles. The number of sulfone groups is 1. The molecule has 12 heteroatoms. The van der Waals surface area contributed by atoms with E-state index in [2.05, 4.69) is 91.8 Å². The summed E-state index contributed by atoms with van der Waals surface area (Å²) in [6, 6.07) is 16.6. The number of para-hydroxylation sites is 2. The number of unbranched alkanes of at least 4 members (excludes halogenated alkanes) is 2. The summed E-state index contributed by atoms with van der Waals surface area (Å²) in [4.78, 5) is 17.6. The van der Waals surface area contributed by atoms with Gasteiger partial charge in [0.2, 0.25) is 5.69 Å². The fraction of sp³-hybridized carbons (Fsp3) is 0.500. The first-order chi connectivity index (χ1) is 26.0. The molecule has 0 atom stereocenters. The Morgan fingerprint density at radius 1 is 0.875 bits per heavy atom. The number of ether oxygens (including phenoxy) is 1. The van der Waals surface area contributed by atoms with Crippen molar-refractivity contribution in [3.63, 3.8) is 0 Å². The van der Waals surface area contributed by atoms with Crippen LogP contribution in [0.3, 0.4) is 0 Å². The van der Waals surface area contributed by atoms with Crippen molar-refractivity contribution in [1.29, 1.82) is 0 Å². The Bertz CT molecular complexity index is 2220. The molecule has 0 bridgehead atoms. The maximum absolute atomic E-state index is 13.7. The maximum atomic E-state index is 13.7. The summed E-state index contributed by atoms with van der Waals surface area (Å²) in [5.41, 5.74) is 8.23. The molecule has 0 saturated carbocycles. The molecule has 2 aliphatic heterocycles. The Balaban J connectivity index is 1.56. The molecule has 0 fully saturated rings. The van der Waals surface area contributed by atoms with Crippen LogP contribution >= 0.6 is 0 Å². The topological polar surface area (TPSA) is 124 Å². The molecule has 3 aliphatic rings. The molecule has 304 valence electrons. The summed E-state index contributed by atoms with van der Waals surface area (Å²) in [7, 11) is -5.33. The SMILES string of the molecule is CN(C(=O)OC(C)(C)C)C1=C(/C=C/C2=[N+](CCCCS(=O)(=O)O)c3ccccc3C2(C)C)CCC1=C/C=C1/N(CCCCS(C)(=O)=O)c2ccccc2C1(C)C. The summed E-state index contributed by atoms with van der Waals surface area (Å²) < 4.78 is 64.1. The Morgan fingerprint density at radius 2 is 1.52 bits per heavy atom. The zero-order valence-corrected chi connectivity index (χ0v) is 36.2. The van der Waals surface area contributed by atoms with Gasteiger partial charge in [-0.3, -0.25) is 9.45 Å². The Kier molecular flexibility index (Phi) is 12.7. The first-order valence-electron chi connectivity index (χ1n) is 19.6. The second-order valence-electron chi connectivity index (χ2n) is 17.3. The highest BCUT2D eigenvalue weighted by molar-refractivity contribution is 7.90. The highest BCUT2D eigenvalue weighted by Gasteiger charge is 2.44. The van der Waals surface area contributed by atoms with E-state index in [1.54, 1.807) is 11.9 Å². The molecule has 0 unspecified atom stereocenters. The molecule has 0 saturated heterocycles. The fourth-order valence-electron chi connectivity index (χ4n) is 8.20. The van der Waals surface area contributed by atoms with Crippen LogP contribution < -0.4 is 4.90 Å². The average molecular weight is 807 g/mol. The van der Waals surface area contributed by atoms with Crippen LogP contribution in [-0.4, -0.2) is 86.2 Å². The van der Waals surface area contributed by atoms with Gasteiger partial charge in [-0.25, -0.2) is 13.2 Å². The lowest BCUT2D eigenvalue weighted by Crippen LogP contribution is -2.34. The number of amides is 1. The van der Waals surface area contributed by atoms with Gasteiger partial charge in [-0.05, 0) is 95.6 Å². The highest BCUT2D eigenvalue weighted by atomic mass is 32.2. The lowest BCUT2D eigenvalue weighted by molar-refractivity contribution is -0.438. The van der Waals surface area contributed by atoms with E-state index in [0.29, 0.717) is 45.2 Å². The van der Waals surface area contributed by atoms with Gasteiger partial charge in [-0.2, -0.15) is 13.0 Å². The van der Waals surface area contributed by atoms with E-state index in [4.69, 9.17) is 4.74 Å². The van der Waals surface area contributed by atoms with Crippen LogP contribution in [0.1, 0.15) is 98.1 Å². The van der Waals surface area contributed by atoms with Gasteiger partial charge in [0.15, 0.2) is 5.71 Å². The Morgan fingerprint density at radius 3 is 2.18 bits per heavy atom.